The van der Waals surface area contributed by atoms with Crippen LogP contribution in [-0.4, -0.2) is 48.8 Å². The maximum absolute atomic E-state index is 12.1. The molecule has 0 aromatic carbocycles. The van der Waals surface area contributed by atoms with Gasteiger partial charge in [-0.2, -0.15) is 17.8 Å². The van der Waals surface area contributed by atoms with Gasteiger partial charge in [0.25, 0.3) is 0 Å². The molecule has 1 saturated heterocycles. The zero-order chi connectivity index (χ0) is 13.3. The number of aryl methyl sites for hydroxylation is 2. The van der Waals surface area contributed by atoms with Gasteiger partial charge in [-0.05, 0) is 6.92 Å². The highest BCUT2D eigenvalue weighted by atomic mass is 32.2. The van der Waals surface area contributed by atoms with E-state index >= 15 is 0 Å². The Balaban J connectivity index is 2.21. The Hall–Kier alpha value is -1.32. The lowest BCUT2D eigenvalue weighted by Crippen LogP contribution is -2.43. The van der Waals surface area contributed by atoms with Gasteiger partial charge in [0.1, 0.15) is 0 Å². The number of hydrogen-bond acceptors (Lipinski definition) is 5. The molecule has 2 rings (SSSR count). The number of aromatic nitrogens is 2. The fraction of sp³-hybridized carbons (Fsp3) is 0.667. The molecule has 1 aromatic rings. The van der Waals surface area contributed by atoms with Gasteiger partial charge in [-0.3, -0.25) is 4.72 Å². The highest BCUT2D eigenvalue weighted by molar-refractivity contribution is 7.90. The summed E-state index contributed by atoms with van der Waals surface area (Å²) in [6, 6.07) is 0. The van der Waals surface area contributed by atoms with E-state index in [9.17, 15) is 8.42 Å². The Kier molecular flexibility index (Phi) is 3.46. The van der Waals surface area contributed by atoms with Crippen molar-refractivity contribution in [3.05, 3.63) is 5.69 Å². The second kappa shape index (κ2) is 4.75. The number of nitrogens with one attached hydrogen (secondary N) is 1. The van der Waals surface area contributed by atoms with Crippen molar-refractivity contribution in [1.29, 1.82) is 0 Å². The van der Waals surface area contributed by atoms with Crippen molar-refractivity contribution in [1.82, 2.24) is 14.1 Å². The number of rotatable bonds is 3. The lowest BCUT2D eigenvalue weighted by atomic mass is 10.4. The van der Waals surface area contributed by atoms with Crippen LogP contribution in [0.25, 0.3) is 0 Å². The Morgan fingerprint density at radius 2 is 2.00 bits per heavy atom. The van der Waals surface area contributed by atoms with E-state index in [-0.39, 0.29) is 0 Å². The summed E-state index contributed by atoms with van der Waals surface area (Å²) in [6.07, 6.45) is 0. The third kappa shape index (κ3) is 2.42. The minimum atomic E-state index is -3.61. The highest BCUT2D eigenvalue weighted by Gasteiger charge is 2.26. The Morgan fingerprint density at radius 1 is 1.39 bits per heavy atom. The van der Waals surface area contributed by atoms with Crippen LogP contribution in [0.4, 0.5) is 11.5 Å². The third-order valence-electron chi connectivity index (χ3n) is 2.80. The van der Waals surface area contributed by atoms with Crippen LogP contribution in [-0.2, 0) is 22.0 Å². The fourth-order valence-electron chi connectivity index (χ4n) is 1.77. The largest absolute Gasteiger partial charge is 0.394 e. The second-order valence-corrected chi connectivity index (χ2v) is 5.76. The molecule has 0 bridgehead atoms. The van der Waals surface area contributed by atoms with Crippen LogP contribution in [0.15, 0.2) is 0 Å². The summed E-state index contributed by atoms with van der Waals surface area (Å²) in [5.74, 6) is 0.291. The average molecular weight is 275 g/mol. The SMILES string of the molecule is Cc1nn(C)c(NS(=O)(=O)N2CCOCC2)c1N. The molecule has 1 aromatic heterocycles. The molecule has 18 heavy (non-hydrogen) atoms. The van der Waals surface area contributed by atoms with Crippen molar-refractivity contribution >= 4 is 21.7 Å². The summed E-state index contributed by atoms with van der Waals surface area (Å²) in [7, 11) is -1.97. The van der Waals surface area contributed by atoms with Crippen LogP contribution in [0.3, 0.4) is 0 Å². The number of nitrogens with two attached hydrogens (primary N) is 1. The molecule has 0 aliphatic carbocycles. The summed E-state index contributed by atoms with van der Waals surface area (Å²) in [6.45, 7) is 3.21. The molecular formula is C9H17N5O3S. The Labute approximate surface area is 106 Å². The van der Waals surface area contributed by atoms with Crippen LogP contribution in [0.2, 0.25) is 0 Å². The summed E-state index contributed by atoms with van der Waals surface area (Å²) < 4.78 is 34.6. The molecule has 1 aliphatic heterocycles. The topological polar surface area (TPSA) is 102 Å². The molecule has 0 amide bonds. The molecule has 0 saturated carbocycles. The van der Waals surface area contributed by atoms with Gasteiger partial charge in [0, 0.05) is 20.1 Å². The van der Waals surface area contributed by atoms with Crippen molar-refractivity contribution in [3.8, 4) is 0 Å². The number of nitrogens with zero attached hydrogens (tertiary/aromatic N) is 3. The highest BCUT2D eigenvalue weighted by Crippen LogP contribution is 2.23. The van der Waals surface area contributed by atoms with Crippen molar-refractivity contribution in [2.45, 2.75) is 6.92 Å². The lowest BCUT2D eigenvalue weighted by molar-refractivity contribution is 0.0733. The normalized spacial score (nSPS) is 17.9. The predicted octanol–water partition coefficient (Wildman–Crippen LogP) is -0.700. The number of morpholine rings is 1. The molecule has 1 aliphatic rings. The molecule has 3 N–H and O–H groups in total. The van der Waals surface area contributed by atoms with E-state index in [0.29, 0.717) is 43.5 Å². The van der Waals surface area contributed by atoms with Crippen molar-refractivity contribution in [3.63, 3.8) is 0 Å². The number of anilines is 2. The molecule has 0 spiro atoms. The Morgan fingerprint density at radius 3 is 2.50 bits per heavy atom. The predicted molar refractivity (Wildman–Crippen MR) is 67.3 cm³/mol. The standard InChI is InChI=1S/C9H17N5O3S/c1-7-8(10)9(13(2)11-7)12-18(15,16)14-3-5-17-6-4-14/h12H,3-6,10H2,1-2H3. The summed E-state index contributed by atoms with van der Waals surface area (Å²) >= 11 is 0. The van der Waals surface area contributed by atoms with Gasteiger partial charge < -0.3 is 10.5 Å². The Bertz CT molecular complexity index is 533. The molecule has 102 valence electrons. The number of hydrogen-bond donors (Lipinski definition) is 2. The molecule has 8 nitrogen and oxygen atoms in total. The van der Waals surface area contributed by atoms with Gasteiger partial charge in [-0.15, -0.1) is 0 Å². The van der Waals surface area contributed by atoms with Gasteiger partial charge in [0.15, 0.2) is 5.82 Å². The molecule has 9 heteroatoms. The second-order valence-electron chi connectivity index (χ2n) is 4.09. The molecule has 0 radical (unpaired) electrons. The summed E-state index contributed by atoms with van der Waals surface area (Å²) in [5, 5.41) is 4.06. The van der Waals surface area contributed by atoms with E-state index in [1.54, 1.807) is 14.0 Å². The monoisotopic (exact) mass is 275 g/mol. The first kappa shape index (κ1) is 13.1. The summed E-state index contributed by atoms with van der Waals surface area (Å²) in [4.78, 5) is 0. The lowest BCUT2D eigenvalue weighted by Gasteiger charge is -2.26. The van der Waals surface area contributed by atoms with Crippen molar-refractivity contribution in [2.24, 2.45) is 7.05 Å². The van der Waals surface area contributed by atoms with Crippen LogP contribution >= 0.6 is 0 Å². The zero-order valence-corrected chi connectivity index (χ0v) is 11.2. The quantitative estimate of drug-likeness (QED) is 0.759. The molecule has 0 atom stereocenters. The van der Waals surface area contributed by atoms with Gasteiger partial charge in [0.2, 0.25) is 0 Å². The summed E-state index contributed by atoms with van der Waals surface area (Å²) in [5.41, 5.74) is 6.72. The van der Waals surface area contributed by atoms with Crippen molar-refractivity contribution < 1.29 is 13.2 Å². The molecule has 1 fully saturated rings. The molecule has 0 unspecified atom stereocenters. The van der Waals surface area contributed by atoms with E-state index in [4.69, 9.17) is 10.5 Å². The van der Waals surface area contributed by atoms with E-state index in [2.05, 4.69) is 9.82 Å². The van der Waals surface area contributed by atoms with Crippen LogP contribution in [0.5, 0.6) is 0 Å². The zero-order valence-electron chi connectivity index (χ0n) is 10.4. The third-order valence-corrected chi connectivity index (χ3v) is 4.30. The first-order chi connectivity index (χ1) is 8.42. The van der Waals surface area contributed by atoms with Crippen molar-refractivity contribution in [2.75, 3.05) is 36.8 Å². The minimum Gasteiger partial charge on any atom is -0.394 e. The van der Waals surface area contributed by atoms with Gasteiger partial charge in [0.05, 0.1) is 24.6 Å². The first-order valence-electron chi connectivity index (χ1n) is 5.56. The fourth-order valence-corrected chi connectivity index (χ4v) is 3.01. The molecule has 2 heterocycles. The van der Waals surface area contributed by atoms with E-state index in [0.717, 1.165) is 0 Å². The number of nitrogen functional groups attached to an aromatic ring is 1. The molecular weight excluding hydrogens is 258 g/mol. The van der Waals surface area contributed by atoms with E-state index in [1.807, 2.05) is 0 Å². The first-order valence-corrected chi connectivity index (χ1v) is 7.00. The van der Waals surface area contributed by atoms with E-state index < -0.39 is 10.2 Å². The van der Waals surface area contributed by atoms with Gasteiger partial charge >= 0.3 is 10.2 Å². The van der Waals surface area contributed by atoms with E-state index in [1.165, 1.54) is 8.99 Å². The minimum absolute atomic E-state index is 0.291. The van der Waals surface area contributed by atoms with Crippen LogP contribution in [0.1, 0.15) is 5.69 Å². The average Bonchev–Trinajstić information content (AvgIpc) is 2.57. The van der Waals surface area contributed by atoms with Crippen LogP contribution in [0, 0.1) is 6.92 Å². The van der Waals surface area contributed by atoms with Gasteiger partial charge in [-0.25, -0.2) is 4.68 Å². The van der Waals surface area contributed by atoms with Gasteiger partial charge in [-0.1, -0.05) is 0 Å². The van der Waals surface area contributed by atoms with Crippen LogP contribution < -0.4 is 10.5 Å². The smallest absolute Gasteiger partial charge is 0.303 e. The maximum Gasteiger partial charge on any atom is 0.303 e. The maximum atomic E-state index is 12.1. The number of ether oxygens (including phenoxy) is 1.